The van der Waals surface area contributed by atoms with Crippen LogP contribution in [0.25, 0.3) is 0 Å². The second-order valence-corrected chi connectivity index (χ2v) is 4.66. The van der Waals surface area contributed by atoms with E-state index in [0.717, 1.165) is 5.06 Å². The van der Waals surface area contributed by atoms with Crippen LogP contribution in [0.2, 0.25) is 0 Å². The Morgan fingerprint density at radius 3 is 1.81 bits per heavy atom. The summed E-state index contributed by atoms with van der Waals surface area (Å²) in [5.74, 6) is -0.459. The van der Waals surface area contributed by atoms with Gasteiger partial charge in [-0.05, 0) is 0 Å². The summed E-state index contributed by atoms with van der Waals surface area (Å²) in [6.07, 6.45) is -0.912. The molecule has 5 heteroatoms. The van der Waals surface area contributed by atoms with Crippen molar-refractivity contribution in [2.75, 3.05) is 7.05 Å². The van der Waals surface area contributed by atoms with Crippen molar-refractivity contribution >= 4 is 12.1 Å². The Morgan fingerprint density at radius 1 is 0.857 bits per heavy atom. The third kappa shape index (κ3) is 2.03. The third-order valence-electron chi connectivity index (χ3n) is 3.40. The van der Waals surface area contributed by atoms with Crippen LogP contribution in [0.1, 0.15) is 11.1 Å². The van der Waals surface area contributed by atoms with Gasteiger partial charge in [0.05, 0.1) is 0 Å². The summed E-state index contributed by atoms with van der Waals surface area (Å²) < 4.78 is 5.38. The first-order chi connectivity index (χ1) is 10.1. The predicted octanol–water partition coefficient (Wildman–Crippen LogP) is 2.47. The summed E-state index contributed by atoms with van der Waals surface area (Å²) in [5, 5.41) is 0.909. The van der Waals surface area contributed by atoms with Crippen molar-refractivity contribution in [3.63, 3.8) is 0 Å². The monoisotopic (exact) mass is 283 g/mol. The number of cyclic esters (lactones) is 1. The molecule has 1 aliphatic heterocycles. The van der Waals surface area contributed by atoms with E-state index in [0.29, 0.717) is 11.1 Å². The van der Waals surface area contributed by atoms with Crippen molar-refractivity contribution in [1.29, 1.82) is 0 Å². The van der Waals surface area contributed by atoms with Crippen molar-refractivity contribution in [2.24, 2.45) is 0 Å². The second-order valence-electron chi connectivity index (χ2n) is 4.66. The van der Waals surface area contributed by atoms with Gasteiger partial charge < -0.3 is 9.57 Å². The molecule has 0 bridgehead atoms. The number of nitrogens with zero attached hydrogens (tertiary/aromatic N) is 1. The predicted molar refractivity (Wildman–Crippen MR) is 74.0 cm³/mol. The van der Waals surface area contributed by atoms with Gasteiger partial charge in [0.15, 0.2) is 0 Å². The molecule has 1 heterocycles. The normalized spacial score (nSPS) is 17.1. The van der Waals surface area contributed by atoms with Crippen LogP contribution in [0.4, 0.5) is 4.79 Å². The van der Waals surface area contributed by atoms with Crippen LogP contribution in [0.5, 0.6) is 0 Å². The van der Waals surface area contributed by atoms with Crippen molar-refractivity contribution < 1.29 is 19.2 Å². The number of amides is 1. The number of benzene rings is 2. The highest BCUT2D eigenvalue weighted by Gasteiger charge is 2.52. The smallest absolute Gasteiger partial charge is 0.406 e. The van der Waals surface area contributed by atoms with E-state index < -0.39 is 17.7 Å². The number of ether oxygens (including phenoxy) is 1. The molecule has 5 nitrogen and oxygen atoms in total. The van der Waals surface area contributed by atoms with Gasteiger partial charge in [0, 0.05) is 18.2 Å². The molecule has 0 saturated carbocycles. The van der Waals surface area contributed by atoms with Gasteiger partial charge in [0.2, 0.25) is 5.60 Å². The molecule has 21 heavy (non-hydrogen) atoms. The van der Waals surface area contributed by atoms with Crippen LogP contribution in [0.3, 0.4) is 0 Å². The van der Waals surface area contributed by atoms with Crippen LogP contribution in [0.15, 0.2) is 60.7 Å². The lowest BCUT2D eigenvalue weighted by Gasteiger charge is -2.38. The number of carbonyl (C=O) groups excluding carboxylic acids is 2. The van der Waals surface area contributed by atoms with E-state index in [1.807, 2.05) is 12.1 Å². The van der Waals surface area contributed by atoms with Gasteiger partial charge in [-0.2, -0.15) is 5.06 Å². The number of likely N-dealkylation sites (N-methyl/N-ethyl adjacent to an activating group) is 1. The first-order valence-corrected chi connectivity index (χ1v) is 6.45. The summed E-state index contributed by atoms with van der Waals surface area (Å²) in [6.45, 7) is 0. The quantitative estimate of drug-likeness (QED) is 0.794. The van der Waals surface area contributed by atoms with Crippen molar-refractivity contribution in [1.82, 2.24) is 5.06 Å². The van der Waals surface area contributed by atoms with E-state index in [-0.39, 0.29) is 0 Å². The molecule has 0 aliphatic carbocycles. The van der Waals surface area contributed by atoms with Gasteiger partial charge >= 0.3 is 12.1 Å². The summed E-state index contributed by atoms with van der Waals surface area (Å²) in [4.78, 5) is 29.2. The Bertz CT molecular complexity index is 630. The molecule has 1 saturated heterocycles. The average molecular weight is 283 g/mol. The van der Waals surface area contributed by atoms with Crippen LogP contribution >= 0.6 is 0 Å². The zero-order valence-electron chi connectivity index (χ0n) is 11.4. The molecule has 0 unspecified atom stereocenters. The number of hydroxylamine groups is 2. The maximum Gasteiger partial charge on any atom is 0.535 e. The Morgan fingerprint density at radius 2 is 1.33 bits per heavy atom. The second kappa shape index (κ2) is 4.94. The Labute approximate surface area is 121 Å². The van der Waals surface area contributed by atoms with E-state index in [9.17, 15) is 9.59 Å². The molecule has 106 valence electrons. The molecule has 2 aromatic carbocycles. The highest BCUT2D eigenvalue weighted by Crippen LogP contribution is 2.38. The lowest BCUT2D eigenvalue weighted by atomic mass is 9.85. The van der Waals surface area contributed by atoms with Crippen LogP contribution in [-0.4, -0.2) is 24.2 Å². The number of hydrogen-bond acceptors (Lipinski definition) is 4. The molecule has 1 fully saturated rings. The maximum atomic E-state index is 12.7. The van der Waals surface area contributed by atoms with E-state index in [4.69, 9.17) is 9.57 Å². The lowest BCUT2D eigenvalue weighted by molar-refractivity contribution is -0.209. The molecule has 0 aromatic heterocycles. The first kappa shape index (κ1) is 13.2. The lowest BCUT2D eigenvalue weighted by Crippen LogP contribution is -2.54. The van der Waals surface area contributed by atoms with Gasteiger partial charge in [-0.1, -0.05) is 60.7 Å². The Hall–Kier alpha value is -2.82. The van der Waals surface area contributed by atoms with Crippen molar-refractivity contribution in [3.8, 4) is 0 Å². The zero-order chi connectivity index (χ0) is 14.9. The summed E-state index contributed by atoms with van der Waals surface area (Å²) in [5.41, 5.74) is -0.374. The SMILES string of the molecule is CN1OC(=O)OC(c2ccccc2)(c2ccccc2)C1=O. The maximum absolute atomic E-state index is 12.7. The number of rotatable bonds is 2. The fraction of sp³-hybridized carbons (Fsp3) is 0.125. The van der Waals surface area contributed by atoms with E-state index in [2.05, 4.69) is 0 Å². The minimum absolute atomic E-state index is 0.459. The van der Waals surface area contributed by atoms with Crippen molar-refractivity contribution in [3.05, 3.63) is 71.8 Å². The van der Waals surface area contributed by atoms with Gasteiger partial charge in [0.25, 0.3) is 0 Å². The van der Waals surface area contributed by atoms with E-state index in [1.165, 1.54) is 7.05 Å². The van der Waals surface area contributed by atoms with Crippen LogP contribution in [0, 0.1) is 0 Å². The topological polar surface area (TPSA) is 55.8 Å². The minimum Gasteiger partial charge on any atom is -0.406 e. The molecule has 1 amide bonds. The molecular formula is C16H13NO4. The molecule has 1 aliphatic rings. The molecular weight excluding hydrogens is 270 g/mol. The molecule has 2 aromatic rings. The molecule has 0 N–H and O–H groups in total. The van der Waals surface area contributed by atoms with Crippen molar-refractivity contribution in [2.45, 2.75) is 5.60 Å². The standard InChI is InChI=1S/C16H13NO4/c1-17-14(18)16(20-15(19)21-17,12-8-4-2-5-9-12)13-10-6-3-7-11-13/h2-11H,1H3. The average Bonchev–Trinajstić information content (AvgIpc) is 2.52. The highest BCUT2D eigenvalue weighted by atomic mass is 16.8. The molecule has 0 spiro atoms. The molecule has 0 atom stereocenters. The highest BCUT2D eigenvalue weighted by molar-refractivity contribution is 5.93. The largest absolute Gasteiger partial charge is 0.535 e. The summed E-state index contributed by atoms with van der Waals surface area (Å²) in [6, 6.07) is 17.8. The van der Waals surface area contributed by atoms with E-state index in [1.54, 1.807) is 48.5 Å². The fourth-order valence-electron chi connectivity index (χ4n) is 2.44. The van der Waals surface area contributed by atoms with Gasteiger partial charge in [-0.25, -0.2) is 4.79 Å². The third-order valence-corrected chi connectivity index (χ3v) is 3.40. The minimum atomic E-state index is -1.52. The van der Waals surface area contributed by atoms with Crippen LogP contribution in [-0.2, 0) is 20.0 Å². The Balaban J connectivity index is 2.25. The van der Waals surface area contributed by atoms with Gasteiger partial charge in [-0.3, -0.25) is 4.79 Å². The summed E-state index contributed by atoms with van der Waals surface area (Å²) >= 11 is 0. The molecule has 3 rings (SSSR count). The first-order valence-electron chi connectivity index (χ1n) is 6.45. The van der Waals surface area contributed by atoms with Crippen LogP contribution < -0.4 is 0 Å². The zero-order valence-corrected chi connectivity index (χ0v) is 11.4. The summed E-state index contributed by atoms with van der Waals surface area (Å²) in [7, 11) is 1.39. The Kier molecular flexibility index (Phi) is 3.10. The molecule has 0 radical (unpaired) electrons. The van der Waals surface area contributed by atoms with E-state index >= 15 is 0 Å². The number of hydrogen-bond donors (Lipinski definition) is 0. The van der Waals surface area contributed by atoms with Gasteiger partial charge in [0.1, 0.15) is 0 Å². The number of carbonyl (C=O) groups is 2. The van der Waals surface area contributed by atoms with Gasteiger partial charge in [-0.15, -0.1) is 0 Å². The fourth-order valence-corrected chi connectivity index (χ4v) is 2.44.